The highest BCUT2D eigenvalue weighted by Gasteiger charge is 2.13. The minimum atomic E-state index is 0.710. The second kappa shape index (κ2) is 5.97. The van der Waals surface area contributed by atoms with Crippen LogP contribution in [0.15, 0.2) is 24.5 Å². The van der Waals surface area contributed by atoms with E-state index in [0.29, 0.717) is 5.92 Å². The summed E-state index contributed by atoms with van der Waals surface area (Å²) in [6.45, 7) is 8.19. The first-order chi connectivity index (χ1) is 7.84. The van der Waals surface area contributed by atoms with Crippen LogP contribution in [0.1, 0.15) is 12.5 Å². The Kier molecular flexibility index (Phi) is 4.31. The molecule has 1 saturated heterocycles. The van der Waals surface area contributed by atoms with E-state index in [1.165, 1.54) is 25.2 Å². The van der Waals surface area contributed by atoms with Gasteiger partial charge in [0, 0.05) is 45.1 Å². The van der Waals surface area contributed by atoms with Gasteiger partial charge in [0.2, 0.25) is 0 Å². The van der Waals surface area contributed by atoms with E-state index in [0.717, 1.165) is 19.5 Å². The van der Waals surface area contributed by atoms with Gasteiger partial charge in [0.25, 0.3) is 0 Å². The van der Waals surface area contributed by atoms with Crippen molar-refractivity contribution in [2.24, 2.45) is 5.92 Å². The summed E-state index contributed by atoms with van der Waals surface area (Å²) >= 11 is 0. The Hall–Kier alpha value is -0.930. The fourth-order valence-electron chi connectivity index (χ4n) is 2.32. The highest BCUT2D eigenvalue weighted by Crippen LogP contribution is 2.09. The molecule has 0 radical (unpaired) electrons. The fourth-order valence-corrected chi connectivity index (χ4v) is 2.32. The average Bonchev–Trinajstić information content (AvgIpc) is 2.31. The van der Waals surface area contributed by atoms with Crippen LogP contribution in [0.2, 0.25) is 0 Å². The number of piperazine rings is 1. The first kappa shape index (κ1) is 11.6. The molecule has 16 heavy (non-hydrogen) atoms. The van der Waals surface area contributed by atoms with Crippen LogP contribution in [0.25, 0.3) is 0 Å². The summed E-state index contributed by atoms with van der Waals surface area (Å²) in [6, 6.07) is 4.19. The van der Waals surface area contributed by atoms with Gasteiger partial charge in [0.1, 0.15) is 0 Å². The van der Waals surface area contributed by atoms with Gasteiger partial charge >= 0.3 is 0 Å². The van der Waals surface area contributed by atoms with Gasteiger partial charge in [-0.3, -0.25) is 4.98 Å². The first-order valence-corrected chi connectivity index (χ1v) is 6.16. The van der Waals surface area contributed by atoms with Crippen LogP contribution in [0.4, 0.5) is 0 Å². The van der Waals surface area contributed by atoms with Gasteiger partial charge in [0.05, 0.1) is 0 Å². The number of nitrogens with zero attached hydrogens (tertiary/aromatic N) is 2. The summed E-state index contributed by atoms with van der Waals surface area (Å²) in [6.07, 6.45) is 4.95. The maximum Gasteiger partial charge on any atom is 0.0299 e. The Morgan fingerprint density at radius 1 is 1.44 bits per heavy atom. The molecule has 1 aliphatic heterocycles. The molecule has 1 aromatic rings. The molecule has 2 heterocycles. The van der Waals surface area contributed by atoms with E-state index in [2.05, 4.69) is 28.2 Å². The molecule has 1 unspecified atom stereocenters. The first-order valence-electron chi connectivity index (χ1n) is 6.16. The van der Waals surface area contributed by atoms with Gasteiger partial charge in [-0.1, -0.05) is 13.0 Å². The number of hydrogen-bond donors (Lipinski definition) is 1. The molecule has 0 amide bonds. The third kappa shape index (κ3) is 3.58. The Morgan fingerprint density at radius 3 is 2.94 bits per heavy atom. The third-order valence-corrected chi connectivity index (χ3v) is 3.09. The van der Waals surface area contributed by atoms with E-state index in [4.69, 9.17) is 0 Å². The van der Waals surface area contributed by atoms with E-state index >= 15 is 0 Å². The second-order valence-electron chi connectivity index (χ2n) is 4.72. The van der Waals surface area contributed by atoms with Crippen molar-refractivity contribution in [2.75, 3.05) is 32.7 Å². The lowest BCUT2D eigenvalue weighted by Gasteiger charge is -2.29. The minimum Gasteiger partial charge on any atom is -0.314 e. The molecule has 0 aromatic carbocycles. The van der Waals surface area contributed by atoms with Crippen molar-refractivity contribution in [2.45, 2.75) is 13.3 Å². The summed E-state index contributed by atoms with van der Waals surface area (Å²) in [5.41, 5.74) is 1.35. The molecule has 1 atom stereocenters. The SMILES string of the molecule is CC(Cc1cccnc1)CN1CCNCC1. The predicted octanol–water partition coefficient (Wildman–Crippen LogP) is 1.17. The van der Waals surface area contributed by atoms with Crippen molar-refractivity contribution in [1.29, 1.82) is 0 Å². The van der Waals surface area contributed by atoms with E-state index in [1.807, 2.05) is 18.5 Å². The van der Waals surface area contributed by atoms with E-state index in [-0.39, 0.29) is 0 Å². The molecule has 1 aromatic heterocycles. The van der Waals surface area contributed by atoms with Crippen molar-refractivity contribution in [3.63, 3.8) is 0 Å². The van der Waals surface area contributed by atoms with E-state index < -0.39 is 0 Å². The molecule has 3 nitrogen and oxygen atoms in total. The van der Waals surface area contributed by atoms with Gasteiger partial charge < -0.3 is 10.2 Å². The molecule has 1 aliphatic rings. The lowest BCUT2D eigenvalue weighted by Crippen LogP contribution is -2.45. The third-order valence-electron chi connectivity index (χ3n) is 3.09. The summed E-state index contributed by atoms with van der Waals surface area (Å²) < 4.78 is 0. The Bertz CT molecular complexity index is 293. The van der Waals surface area contributed by atoms with Gasteiger partial charge in [-0.2, -0.15) is 0 Å². The molecule has 2 rings (SSSR count). The highest BCUT2D eigenvalue weighted by atomic mass is 15.2. The molecular weight excluding hydrogens is 198 g/mol. The standard InChI is InChI=1S/C13H21N3/c1-12(9-13-3-2-4-15-10-13)11-16-7-5-14-6-8-16/h2-4,10,12,14H,5-9,11H2,1H3. The Labute approximate surface area is 97.9 Å². The van der Waals surface area contributed by atoms with E-state index in [1.54, 1.807) is 0 Å². The summed E-state index contributed by atoms with van der Waals surface area (Å²) in [5, 5.41) is 3.39. The zero-order chi connectivity index (χ0) is 11.2. The largest absolute Gasteiger partial charge is 0.314 e. The molecule has 1 N–H and O–H groups in total. The van der Waals surface area contributed by atoms with Gasteiger partial charge in [-0.05, 0) is 24.0 Å². The number of rotatable bonds is 4. The molecule has 0 aliphatic carbocycles. The number of hydrogen-bond acceptors (Lipinski definition) is 3. The van der Waals surface area contributed by atoms with Crippen LogP contribution in [-0.2, 0) is 6.42 Å². The lowest BCUT2D eigenvalue weighted by molar-refractivity contribution is 0.211. The molecule has 1 fully saturated rings. The summed E-state index contributed by atoms with van der Waals surface area (Å²) in [7, 11) is 0. The monoisotopic (exact) mass is 219 g/mol. The maximum atomic E-state index is 4.16. The van der Waals surface area contributed by atoms with Crippen LogP contribution in [-0.4, -0.2) is 42.6 Å². The quantitative estimate of drug-likeness (QED) is 0.824. The smallest absolute Gasteiger partial charge is 0.0299 e. The zero-order valence-electron chi connectivity index (χ0n) is 10.0. The van der Waals surface area contributed by atoms with Gasteiger partial charge in [0.15, 0.2) is 0 Å². The normalized spacial score (nSPS) is 19.6. The van der Waals surface area contributed by atoms with Crippen LogP contribution in [0, 0.1) is 5.92 Å². The molecule has 3 heteroatoms. The van der Waals surface area contributed by atoms with Gasteiger partial charge in [-0.25, -0.2) is 0 Å². The highest BCUT2D eigenvalue weighted by molar-refractivity contribution is 5.09. The molecule has 0 bridgehead atoms. The van der Waals surface area contributed by atoms with Crippen LogP contribution in [0.5, 0.6) is 0 Å². The Balaban J connectivity index is 1.77. The predicted molar refractivity (Wildman–Crippen MR) is 66.4 cm³/mol. The van der Waals surface area contributed by atoms with Crippen LogP contribution >= 0.6 is 0 Å². The molecular formula is C13H21N3. The van der Waals surface area contributed by atoms with Crippen LogP contribution < -0.4 is 5.32 Å². The molecule has 0 spiro atoms. The summed E-state index contributed by atoms with van der Waals surface area (Å²) in [5.74, 6) is 0.710. The van der Waals surface area contributed by atoms with Crippen LogP contribution in [0.3, 0.4) is 0 Å². The lowest BCUT2D eigenvalue weighted by atomic mass is 10.0. The number of aromatic nitrogens is 1. The van der Waals surface area contributed by atoms with Crippen molar-refractivity contribution >= 4 is 0 Å². The van der Waals surface area contributed by atoms with Crippen molar-refractivity contribution in [3.05, 3.63) is 30.1 Å². The fraction of sp³-hybridized carbons (Fsp3) is 0.615. The van der Waals surface area contributed by atoms with Crippen molar-refractivity contribution in [3.8, 4) is 0 Å². The average molecular weight is 219 g/mol. The Morgan fingerprint density at radius 2 is 2.25 bits per heavy atom. The summed E-state index contributed by atoms with van der Waals surface area (Å²) in [4.78, 5) is 6.71. The van der Waals surface area contributed by atoms with Gasteiger partial charge in [-0.15, -0.1) is 0 Å². The minimum absolute atomic E-state index is 0.710. The van der Waals surface area contributed by atoms with Crippen molar-refractivity contribution < 1.29 is 0 Å². The molecule has 88 valence electrons. The number of pyridine rings is 1. The molecule has 0 saturated carbocycles. The van der Waals surface area contributed by atoms with Crippen molar-refractivity contribution in [1.82, 2.24) is 15.2 Å². The zero-order valence-corrected chi connectivity index (χ0v) is 10.0. The van der Waals surface area contributed by atoms with E-state index in [9.17, 15) is 0 Å². The maximum absolute atomic E-state index is 4.16. The second-order valence-corrected chi connectivity index (χ2v) is 4.72. The topological polar surface area (TPSA) is 28.2 Å². The number of nitrogens with one attached hydrogen (secondary N) is 1.